The standard InChI is InChI=1S/C10H21NO3/c1-10(7-12,8-13)11-6-9-2-4-14-5-3-9/h9,11-13H,2-8H2,1H3. The van der Waals surface area contributed by atoms with Crippen molar-refractivity contribution in [1.29, 1.82) is 0 Å². The molecule has 1 aliphatic rings. The molecule has 0 aromatic rings. The number of aliphatic hydroxyl groups excluding tert-OH is 2. The Morgan fingerprint density at radius 3 is 2.36 bits per heavy atom. The van der Waals surface area contributed by atoms with Crippen LogP contribution in [-0.4, -0.2) is 48.7 Å². The number of aliphatic hydroxyl groups is 2. The summed E-state index contributed by atoms with van der Waals surface area (Å²) < 4.78 is 5.26. The lowest BCUT2D eigenvalue weighted by atomic mass is 9.98. The Hall–Kier alpha value is -0.160. The first-order valence-electron chi connectivity index (χ1n) is 5.25. The highest BCUT2D eigenvalue weighted by atomic mass is 16.5. The summed E-state index contributed by atoms with van der Waals surface area (Å²) in [6, 6.07) is 0. The highest BCUT2D eigenvalue weighted by Crippen LogP contribution is 2.14. The van der Waals surface area contributed by atoms with Crippen molar-refractivity contribution in [3.63, 3.8) is 0 Å². The van der Waals surface area contributed by atoms with Gasteiger partial charge in [-0.3, -0.25) is 0 Å². The van der Waals surface area contributed by atoms with E-state index in [9.17, 15) is 0 Å². The summed E-state index contributed by atoms with van der Waals surface area (Å²) in [4.78, 5) is 0. The minimum absolute atomic E-state index is 0.0350. The van der Waals surface area contributed by atoms with E-state index < -0.39 is 5.54 Å². The van der Waals surface area contributed by atoms with E-state index in [0.29, 0.717) is 5.92 Å². The fourth-order valence-corrected chi connectivity index (χ4v) is 1.50. The Bertz CT molecular complexity index is 153. The largest absolute Gasteiger partial charge is 0.394 e. The molecule has 14 heavy (non-hydrogen) atoms. The van der Waals surface area contributed by atoms with Gasteiger partial charge in [0.1, 0.15) is 0 Å². The maximum atomic E-state index is 9.07. The van der Waals surface area contributed by atoms with Crippen molar-refractivity contribution in [1.82, 2.24) is 5.32 Å². The van der Waals surface area contributed by atoms with Gasteiger partial charge >= 0.3 is 0 Å². The van der Waals surface area contributed by atoms with E-state index >= 15 is 0 Å². The van der Waals surface area contributed by atoms with E-state index in [2.05, 4.69) is 5.32 Å². The molecule has 1 saturated heterocycles. The van der Waals surface area contributed by atoms with Crippen LogP contribution in [0.5, 0.6) is 0 Å². The normalized spacial score (nSPS) is 19.9. The molecule has 3 N–H and O–H groups in total. The lowest BCUT2D eigenvalue weighted by Crippen LogP contribution is -2.51. The maximum Gasteiger partial charge on any atom is 0.0633 e. The minimum atomic E-state index is -0.543. The van der Waals surface area contributed by atoms with Crippen LogP contribution >= 0.6 is 0 Å². The van der Waals surface area contributed by atoms with E-state index in [1.165, 1.54) is 0 Å². The molecule has 0 aliphatic carbocycles. The molecule has 0 aromatic heterocycles. The van der Waals surface area contributed by atoms with Crippen molar-refractivity contribution in [2.75, 3.05) is 33.0 Å². The second-order valence-electron chi connectivity index (χ2n) is 4.31. The molecule has 4 nitrogen and oxygen atoms in total. The quantitative estimate of drug-likeness (QED) is 0.576. The summed E-state index contributed by atoms with van der Waals surface area (Å²) in [5.41, 5.74) is -0.543. The fraction of sp³-hybridized carbons (Fsp3) is 1.00. The maximum absolute atomic E-state index is 9.07. The first-order valence-corrected chi connectivity index (χ1v) is 5.25. The van der Waals surface area contributed by atoms with E-state index in [-0.39, 0.29) is 13.2 Å². The van der Waals surface area contributed by atoms with E-state index in [1.54, 1.807) is 0 Å². The molecular formula is C10H21NO3. The number of ether oxygens (including phenoxy) is 1. The van der Waals surface area contributed by atoms with Crippen LogP contribution < -0.4 is 5.32 Å². The zero-order valence-electron chi connectivity index (χ0n) is 8.83. The van der Waals surface area contributed by atoms with Gasteiger partial charge in [-0.1, -0.05) is 0 Å². The highest BCUT2D eigenvalue weighted by molar-refractivity contribution is 4.82. The predicted octanol–water partition coefficient (Wildman–Crippen LogP) is -0.254. The second-order valence-corrected chi connectivity index (χ2v) is 4.31. The van der Waals surface area contributed by atoms with Gasteiger partial charge in [0.25, 0.3) is 0 Å². The first kappa shape index (κ1) is 11.9. The van der Waals surface area contributed by atoms with Gasteiger partial charge in [-0.2, -0.15) is 0 Å². The van der Waals surface area contributed by atoms with Gasteiger partial charge in [-0.05, 0) is 32.2 Å². The van der Waals surface area contributed by atoms with Crippen LogP contribution in [-0.2, 0) is 4.74 Å². The Kier molecular flexibility index (Phi) is 4.81. The van der Waals surface area contributed by atoms with Gasteiger partial charge < -0.3 is 20.3 Å². The molecular weight excluding hydrogens is 182 g/mol. The van der Waals surface area contributed by atoms with E-state index in [1.807, 2.05) is 6.92 Å². The lowest BCUT2D eigenvalue weighted by Gasteiger charge is -2.30. The zero-order valence-corrected chi connectivity index (χ0v) is 8.83. The molecule has 84 valence electrons. The third-order valence-electron chi connectivity index (χ3n) is 2.86. The van der Waals surface area contributed by atoms with Gasteiger partial charge in [-0.25, -0.2) is 0 Å². The molecule has 0 amide bonds. The molecule has 0 unspecified atom stereocenters. The van der Waals surface area contributed by atoms with Gasteiger partial charge in [0.15, 0.2) is 0 Å². The molecule has 4 heteroatoms. The third-order valence-corrected chi connectivity index (χ3v) is 2.86. The van der Waals surface area contributed by atoms with Crippen LogP contribution in [0.15, 0.2) is 0 Å². The first-order chi connectivity index (χ1) is 6.70. The second kappa shape index (κ2) is 5.66. The van der Waals surface area contributed by atoms with Crippen LogP contribution in [0.2, 0.25) is 0 Å². The van der Waals surface area contributed by atoms with Crippen molar-refractivity contribution in [2.45, 2.75) is 25.3 Å². The summed E-state index contributed by atoms with van der Waals surface area (Å²) in [5, 5.41) is 21.3. The number of hydrogen-bond acceptors (Lipinski definition) is 4. The van der Waals surface area contributed by atoms with Gasteiger partial charge in [-0.15, -0.1) is 0 Å². The van der Waals surface area contributed by atoms with Gasteiger partial charge in [0.05, 0.1) is 18.8 Å². The van der Waals surface area contributed by atoms with Crippen molar-refractivity contribution in [2.24, 2.45) is 5.92 Å². The highest BCUT2D eigenvalue weighted by Gasteiger charge is 2.23. The average molecular weight is 203 g/mol. The molecule has 0 aromatic carbocycles. The molecule has 0 atom stereocenters. The predicted molar refractivity (Wildman–Crippen MR) is 54.1 cm³/mol. The molecule has 1 aliphatic heterocycles. The van der Waals surface area contributed by atoms with Crippen molar-refractivity contribution in [3.8, 4) is 0 Å². The molecule has 1 fully saturated rings. The molecule has 1 heterocycles. The molecule has 0 bridgehead atoms. The summed E-state index contributed by atoms with van der Waals surface area (Å²) in [6.07, 6.45) is 2.14. The molecule has 0 radical (unpaired) electrons. The smallest absolute Gasteiger partial charge is 0.0633 e. The Morgan fingerprint density at radius 2 is 1.86 bits per heavy atom. The van der Waals surface area contributed by atoms with E-state index in [4.69, 9.17) is 14.9 Å². The minimum Gasteiger partial charge on any atom is -0.394 e. The Balaban J connectivity index is 2.23. The van der Waals surface area contributed by atoms with Crippen LogP contribution in [0.4, 0.5) is 0 Å². The molecule has 1 rings (SSSR count). The topological polar surface area (TPSA) is 61.7 Å². The number of hydrogen-bond donors (Lipinski definition) is 3. The summed E-state index contributed by atoms with van der Waals surface area (Å²) >= 11 is 0. The monoisotopic (exact) mass is 203 g/mol. The number of nitrogens with one attached hydrogen (secondary N) is 1. The lowest BCUT2D eigenvalue weighted by molar-refractivity contribution is 0.0547. The van der Waals surface area contributed by atoms with Crippen LogP contribution in [0, 0.1) is 5.92 Å². The Morgan fingerprint density at radius 1 is 1.29 bits per heavy atom. The van der Waals surface area contributed by atoms with E-state index in [0.717, 1.165) is 32.6 Å². The van der Waals surface area contributed by atoms with Crippen molar-refractivity contribution < 1.29 is 14.9 Å². The van der Waals surface area contributed by atoms with Crippen molar-refractivity contribution >= 4 is 0 Å². The van der Waals surface area contributed by atoms with Crippen LogP contribution in [0.25, 0.3) is 0 Å². The van der Waals surface area contributed by atoms with Gasteiger partial charge in [0.2, 0.25) is 0 Å². The van der Waals surface area contributed by atoms with Crippen LogP contribution in [0.1, 0.15) is 19.8 Å². The summed E-state index contributed by atoms with van der Waals surface area (Å²) in [7, 11) is 0. The SMILES string of the molecule is CC(CO)(CO)NCC1CCOCC1. The van der Waals surface area contributed by atoms with Crippen molar-refractivity contribution in [3.05, 3.63) is 0 Å². The van der Waals surface area contributed by atoms with Crippen LogP contribution in [0.3, 0.4) is 0 Å². The zero-order chi connectivity index (χ0) is 10.4. The fourth-order valence-electron chi connectivity index (χ4n) is 1.50. The summed E-state index contributed by atoms with van der Waals surface area (Å²) in [6.45, 7) is 4.27. The third kappa shape index (κ3) is 3.53. The van der Waals surface area contributed by atoms with Gasteiger partial charge in [0, 0.05) is 13.2 Å². The average Bonchev–Trinajstić information content (AvgIpc) is 2.27. The Labute approximate surface area is 85.3 Å². The number of rotatable bonds is 5. The molecule has 0 saturated carbocycles. The summed E-state index contributed by atoms with van der Waals surface area (Å²) in [5.74, 6) is 0.612. The molecule has 0 spiro atoms.